The van der Waals surface area contributed by atoms with E-state index in [9.17, 15) is 9.59 Å². The first-order valence-corrected chi connectivity index (χ1v) is 12.0. The van der Waals surface area contributed by atoms with Gasteiger partial charge in [-0.2, -0.15) is 0 Å². The highest BCUT2D eigenvalue weighted by atomic mass is 32.1. The van der Waals surface area contributed by atoms with E-state index >= 15 is 0 Å². The zero-order valence-electron chi connectivity index (χ0n) is 18.1. The summed E-state index contributed by atoms with van der Waals surface area (Å²) in [5.74, 6) is 0.547. The summed E-state index contributed by atoms with van der Waals surface area (Å²) in [7, 11) is 0. The number of fused-ring (bicyclic) bond motifs is 1. The molecule has 0 radical (unpaired) electrons. The smallest absolute Gasteiger partial charge is 0.266 e. The van der Waals surface area contributed by atoms with Crippen LogP contribution in [0.15, 0.2) is 54.6 Å². The minimum Gasteiger partial charge on any atom is -0.480 e. The molecule has 5 rings (SSSR count). The van der Waals surface area contributed by atoms with Crippen LogP contribution in [0, 0.1) is 6.92 Å². The van der Waals surface area contributed by atoms with Crippen molar-refractivity contribution >= 4 is 28.2 Å². The number of carbonyl (C=O) groups is 2. The van der Waals surface area contributed by atoms with Crippen molar-refractivity contribution in [1.29, 1.82) is 0 Å². The van der Waals surface area contributed by atoms with E-state index in [0.29, 0.717) is 17.0 Å². The number of anilines is 1. The average molecular weight is 447 g/mol. The van der Waals surface area contributed by atoms with E-state index in [4.69, 9.17) is 4.74 Å². The van der Waals surface area contributed by atoms with E-state index in [0.717, 1.165) is 59.7 Å². The van der Waals surface area contributed by atoms with Crippen LogP contribution in [0.4, 0.5) is 5.00 Å². The first-order chi connectivity index (χ1) is 15.6. The van der Waals surface area contributed by atoms with Gasteiger partial charge >= 0.3 is 0 Å². The highest BCUT2D eigenvalue weighted by molar-refractivity contribution is 7.20. The lowest BCUT2D eigenvalue weighted by Crippen LogP contribution is -2.37. The van der Waals surface area contributed by atoms with Crippen LogP contribution >= 0.6 is 11.3 Å². The molecule has 1 atom stereocenters. The van der Waals surface area contributed by atoms with Crippen molar-refractivity contribution in [3.63, 3.8) is 0 Å². The molecular weight excluding hydrogens is 420 g/mol. The predicted octanol–water partition coefficient (Wildman–Crippen LogP) is 5.29. The number of ether oxygens (including phenoxy) is 1. The van der Waals surface area contributed by atoms with Crippen LogP contribution in [-0.4, -0.2) is 35.9 Å². The predicted molar refractivity (Wildman–Crippen MR) is 127 cm³/mol. The normalized spacial score (nSPS) is 17.5. The Hall–Kier alpha value is -3.12. The van der Waals surface area contributed by atoms with Crippen LogP contribution in [0.2, 0.25) is 0 Å². The Balaban J connectivity index is 1.46. The molecule has 3 heterocycles. The van der Waals surface area contributed by atoms with E-state index in [1.54, 1.807) is 0 Å². The fraction of sp³-hybridized carbons (Fsp3) is 0.308. The molecule has 2 aromatic carbocycles. The SMILES string of the molecule is Cc1c(-c2ccccc2)sc(NC(=O)C2Cc3ccccc3O2)c1C(=O)N1CCCCC1. The van der Waals surface area contributed by atoms with Crippen molar-refractivity contribution in [2.75, 3.05) is 18.4 Å². The van der Waals surface area contributed by atoms with Crippen molar-refractivity contribution in [3.05, 3.63) is 71.3 Å². The molecule has 2 aliphatic rings. The van der Waals surface area contributed by atoms with Gasteiger partial charge in [-0.1, -0.05) is 48.5 Å². The maximum atomic E-state index is 13.5. The molecule has 2 amide bonds. The standard InChI is InChI=1S/C26H26N2O3S/c1-17-22(26(30)28-14-8-3-9-15-28)25(32-23(17)18-10-4-2-5-11-18)27-24(29)21-16-19-12-6-7-13-20(19)31-21/h2,4-7,10-13,21H,3,8-9,14-16H2,1H3,(H,27,29). The number of carbonyl (C=O) groups excluding carboxylic acids is 2. The summed E-state index contributed by atoms with van der Waals surface area (Å²) in [5.41, 5.74) is 3.61. The quantitative estimate of drug-likeness (QED) is 0.592. The number of rotatable bonds is 4. The third-order valence-electron chi connectivity index (χ3n) is 6.22. The topological polar surface area (TPSA) is 58.6 Å². The Kier molecular flexibility index (Phi) is 5.70. The van der Waals surface area contributed by atoms with Gasteiger partial charge in [-0.3, -0.25) is 9.59 Å². The number of para-hydroxylation sites is 1. The van der Waals surface area contributed by atoms with E-state index in [1.807, 2.05) is 66.4 Å². The Morgan fingerprint density at radius 3 is 2.47 bits per heavy atom. The minimum absolute atomic E-state index is 0.00607. The Labute approximate surface area is 192 Å². The third-order valence-corrected chi connectivity index (χ3v) is 7.47. The highest BCUT2D eigenvalue weighted by Crippen LogP contribution is 2.41. The molecule has 0 aliphatic carbocycles. The molecule has 6 heteroatoms. The number of hydrogen-bond donors (Lipinski definition) is 1. The van der Waals surface area contributed by atoms with E-state index in [1.165, 1.54) is 11.3 Å². The summed E-state index contributed by atoms with van der Waals surface area (Å²) in [6.07, 6.45) is 3.15. The van der Waals surface area contributed by atoms with Gasteiger partial charge in [0.15, 0.2) is 6.10 Å². The van der Waals surface area contributed by atoms with E-state index in [-0.39, 0.29) is 11.8 Å². The van der Waals surface area contributed by atoms with Gasteiger partial charge in [0.25, 0.3) is 11.8 Å². The van der Waals surface area contributed by atoms with Crippen molar-refractivity contribution in [2.24, 2.45) is 0 Å². The van der Waals surface area contributed by atoms with Crippen LogP contribution in [0.5, 0.6) is 5.75 Å². The Bertz CT molecular complexity index is 1120. The number of nitrogens with zero attached hydrogens (tertiary/aromatic N) is 1. The molecule has 32 heavy (non-hydrogen) atoms. The van der Waals surface area contributed by atoms with Crippen LogP contribution in [0.3, 0.4) is 0 Å². The molecule has 1 saturated heterocycles. The van der Waals surface area contributed by atoms with Crippen molar-refractivity contribution in [2.45, 2.75) is 38.7 Å². The van der Waals surface area contributed by atoms with Crippen LogP contribution in [0.25, 0.3) is 10.4 Å². The molecule has 0 spiro atoms. The molecule has 1 unspecified atom stereocenters. The first kappa shape index (κ1) is 20.8. The van der Waals surface area contributed by atoms with Crippen molar-refractivity contribution in [1.82, 2.24) is 4.90 Å². The second-order valence-electron chi connectivity index (χ2n) is 8.39. The van der Waals surface area contributed by atoms with Crippen molar-refractivity contribution in [3.8, 4) is 16.2 Å². The van der Waals surface area contributed by atoms with Gasteiger partial charge in [-0.05, 0) is 48.9 Å². The molecule has 164 valence electrons. The molecule has 0 saturated carbocycles. The lowest BCUT2D eigenvalue weighted by molar-refractivity contribution is -0.122. The maximum Gasteiger partial charge on any atom is 0.266 e. The number of piperidine rings is 1. The van der Waals surface area contributed by atoms with Gasteiger partial charge < -0.3 is 15.0 Å². The largest absolute Gasteiger partial charge is 0.480 e. The summed E-state index contributed by atoms with van der Waals surface area (Å²) in [6.45, 7) is 3.51. The van der Waals surface area contributed by atoms with Crippen molar-refractivity contribution < 1.29 is 14.3 Å². The molecule has 1 aromatic heterocycles. The fourth-order valence-electron chi connectivity index (χ4n) is 4.50. The van der Waals surface area contributed by atoms with Gasteiger partial charge in [0.1, 0.15) is 10.8 Å². The lowest BCUT2D eigenvalue weighted by atomic mass is 10.0. The van der Waals surface area contributed by atoms with Crippen LogP contribution in [-0.2, 0) is 11.2 Å². The second kappa shape index (κ2) is 8.79. The van der Waals surface area contributed by atoms with Gasteiger partial charge in [-0.15, -0.1) is 11.3 Å². The summed E-state index contributed by atoms with van der Waals surface area (Å²) in [4.78, 5) is 29.6. The zero-order valence-corrected chi connectivity index (χ0v) is 18.9. The molecule has 0 bridgehead atoms. The second-order valence-corrected chi connectivity index (χ2v) is 9.41. The monoisotopic (exact) mass is 446 g/mol. The summed E-state index contributed by atoms with van der Waals surface area (Å²) >= 11 is 1.47. The highest BCUT2D eigenvalue weighted by Gasteiger charge is 2.32. The molecular formula is C26H26N2O3S. The number of amides is 2. The van der Waals surface area contributed by atoms with E-state index in [2.05, 4.69) is 5.32 Å². The zero-order chi connectivity index (χ0) is 22.1. The van der Waals surface area contributed by atoms with Gasteiger partial charge in [-0.25, -0.2) is 0 Å². The first-order valence-electron chi connectivity index (χ1n) is 11.2. The Morgan fingerprint density at radius 2 is 1.72 bits per heavy atom. The van der Waals surface area contributed by atoms with Gasteiger partial charge in [0.05, 0.1) is 5.56 Å². The number of likely N-dealkylation sites (tertiary alicyclic amines) is 1. The maximum absolute atomic E-state index is 13.5. The lowest BCUT2D eigenvalue weighted by Gasteiger charge is -2.27. The fourth-order valence-corrected chi connectivity index (χ4v) is 5.71. The number of benzene rings is 2. The summed E-state index contributed by atoms with van der Waals surface area (Å²) in [6, 6.07) is 17.8. The van der Waals surface area contributed by atoms with Crippen LogP contribution in [0.1, 0.15) is 40.7 Å². The molecule has 2 aliphatic heterocycles. The number of thiophene rings is 1. The molecule has 5 nitrogen and oxygen atoms in total. The summed E-state index contributed by atoms with van der Waals surface area (Å²) in [5, 5.41) is 3.66. The van der Waals surface area contributed by atoms with Gasteiger partial charge in [0.2, 0.25) is 0 Å². The average Bonchev–Trinajstić information content (AvgIpc) is 3.41. The molecule has 1 N–H and O–H groups in total. The number of nitrogens with one attached hydrogen (secondary N) is 1. The van der Waals surface area contributed by atoms with Crippen LogP contribution < -0.4 is 10.1 Å². The number of hydrogen-bond acceptors (Lipinski definition) is 4. The molecule has 3 aromatic rings. The van der Waals surface area contributed by atoms with Gasteiger partial charge in [0, 0.05) is 24.4 Å². The Morgan fingerprint density at radius 1 is 1.00 bits per heavy atom. The van der Waals surface area contributed by atoms with E-state index < -0.39 is 6.10 Å². The minimum atomic E-state index is -0.590. The molecule has 1 fully saturated rings. The third kappa shape index (κ3) is 3.91. The summed E-state index contributed by atoms with van der Waals surface area (Å²) < 4.78 is 5.88.